The summed E-state index contributed by atoms with van der Waals surface area (Å²) in [4.78, 5) is 27.9. The molecule has 7 unspecified atom stereocenters. The van der Waals surface area contributed by atoms with E-state index in [0.29, 0.717) is 68.1 Å². The van der Waals surface area contributed by atoms with Crippen molar-refractivity contribution in [3.63, 3.8) is 0 Å². The third kappa shape index (κ3) is 5.56. The zero-order valence-electron chi connectivity index (χ0n) is 24.1. The topological polar surface area (TPSA) is 147 Å². The van der Waals surface area contributed by atoms with Gasteiger partial charge < -0.3 is 39.2 Å². The quantitative estimate of drug-likeness (QED) is 0.374. The van der Waals surface area contributed by atoms with E-state index in [2.05, 4.69) is 12.2 Å². The Hall–Kier alpha value is -2.76. The molecule has 2 aliphatic carbocycles. The number of nitrogens with zero attached hydrogens (tertiary/aromatic N) is 1. The molecular formula is C29H44N2O9. The molecule has 0 aromatic heterocycles. The third-order valence-corrected chi connectivity index (χ3v) is 9.75. The van der Waals surface area contributed by atoms with Crippen molar-refractivity contribution in [1.82, 2.24) is 4.90 Å². The van der Waals surface area contributed by atoms with E-state index in [4.69, 9.17) is 18.9 Å². The fourth-order valence-corrected chi connectivity index (χ4v) is 7.50. The van der Waals surface area contributed by atoms with Crippen molar-refractivity contribution in [3.8, 4) is 17.2 Å². The number of likely N-dealkylation sites (tertiary alicyclic amines) is 1. The van der Waals surface area contributed by atoms with Gasteiger partial charge in [-0.15, -0.1) is 0 Å². The lowest BCUT2D eigenvalue weighted by Gasteiger charge is -2.60. The molecule has 1 aromatic carbocycles. The molecule has 2 amide bonds. The normalized spacial score (nSPS) is 33.6. The van der Waals surface area contributed by atoms with Crippen molar-refractivity contribution >= 4 is 17.7 Å². The van der Waals surface area contributed by atoms with Crippen LogP contribution in [0.4, 0.5) is 10.5 Å². The molecule has 0 radical (unpaired) electrons. The molecular weight excluding hydrogens is 520 g/mol. The van der Waals surface area contributed by atoms with Crippen molar-refractivity contribution in [3.05, 3.63) is 12.1 Å². The number of fused-ring (bicyclic) bond motifs is 1. The molecule has 0 spiro atoms. The second-order valence-electron chi connectivity index (χ2n) is 11.9. The lowest BCUT2D eigenvalue weighted by molar-refractivity contribution is -0.186. The van der Waals surface area contributed by atoms with E-state index in [-0.39, 0.29) is 30.8 Å². The largest absolute Gasteiger partial charge is 0.493 e. The first-order chi connectivity index (χ1) is 19.0. The summed E-state index contributed by atoms with van der Waals surface area (Å²) < 4.78 is 22.0. The average Bonchev–Trinajstić information content (AvgIpc) is 3.38. The van der Waals surface area contributed by atoms with Gasteiger partial charge in [-0.1, -0.05) is 13.8 Å². The second-order valence-corrected chi connectivity index (χ2v) is 11.9. The van der Waals surface area contributed by atoms with Gasteiger partial charge in [-0.3, -0.25) is 10.1 Å². The molecule has 11 heteroatoms. The van der Waals surface area contributed by atoms with Crippen LogP contribution in [0, 0.1) is 22.7 Å². The number of hydrogen-bond acceptors (Lipinski definition) is 9. The highest BCUT2D eigenvalue weighted by Crippen LogP contribution is 2.61. The molecule has 1 saturated heterocycles. The Kier molecular flexibility index (Phi) is 9.06. The van der Waals surface area contributed by atoms with Crippen LogP contribution in [0.5, 0.6) is 17.2 Å². The summed E-state index contributed by atoms with van der Waals surface area (Å²) in [6.45, 7) is 4.67. The van der Waals surface area contributed by atoms with E-state index in [1.807, 2.05) is 6.92 Å². The van der Waals surface area contributed by atoms with Gasteiger partial charge >= 0.3 is 6.09 Å². The summed E-state index contributed by atoms with van der Waals surface area (Å²) in [6.07, 6.45) is 0.641. The molecule has 4 N–H and O–H groups in total. The highest BCUT2D eigenvalue weighted by Gasteiger charge is 2.60. The minimum atomic E-state index is -0.773. The number of ether oxygens (including phenoxy) is 4. The van der Waals surface area contributed by atoms with Crippen molar-refractivity contribution in [2.45, 2.75) is 70.7 Å². The van der Waals surface area contributed by atoms with Crippen LogP contribution in [0.3, 0.4) is 0 Å². The maximum absolute atomic E-state index is 13.1. The Morgan fingerprint density at radius 1 is 1.02 bits per heavy atom. The zero-order valence-corrected chi connectivity index (χ0v) is 24.1. The summed E-state index contributed by atoms with van der Waals surface area (Å²) in [5.41, 5.74) is -0.807. The molecule has 0 bridgehead atoms. The molecule has 224 valence electrons. The second kappa shape index (κ2) is 12.0. The summed E-state index contributed by atoms with van der Waals surface area (Å²) in [5.74, 6) is 0.735. The van der Waals surface area contributed by atoms with E-state index < -0.39 is 35.2 Å². The lowest BCUT2D eigenvalue weighted by atomic mass is 9.46. The van der Waals surface area contributed by atoms with Crippen molar-refractivity contribution in [1.29, 1.82) is 0 Å². The van der Waals surface area contributed by atoms with E-state index >= 15 is 0 Å². The molecule has 4 rings (SSSR count). The van der Waals surface area contributed by atoms with Crippen LogP contribution in [-0.2, 0) is 9.53 Å². The van der Waals surface area contributed by atoms with Gasteiger partial charge in [-0.05, 0) is 49.4 Å². The fraction of sp³-hybridized carbons (Fsp3) is 0.724. The van der Waals surface area contributed by atoms with Crippen LogP contribution >= 0.6 is 0 Å². The number of methoxy groups -OCH3 is 3. The smallest absolute Gasteiger partial charge is 0.411 e. The van der Waals surface area contributed by atoms with Crippen molar-refractivity contribution < 1.29 is 43.9 Å². The summed E-state index contributed by atoms with van der Waals surface area (Å²) >= 11 is 0. The van der Waals surface area contributed by atoms with E-state index in [1.54, 1.807) is 17.0 Å². The number of β-amino-alcohol motifs (C(OH)–C–C–N with tert-alkyl or cyclic N) is 1. The summed E-state index contributed by atoms with van der Waals surface area (Å²) in [5, 5.41) is 34.4. The minimum Gasteiger partial charge on any atom is -0.493 e. The van der Waals surface area contributed by atoms with Crippen LogP contribution in [0.2, 0.25) is 0 Å². The first-order valence-electron chi connectivity index (χ1n) is 14.0. The highest BCUT2D eigenvalue weighted by atomic mass is 16.6. The number of aliphatic hydroxyl groups excluding tert-OH is 3. The summed E-state index contributed by atoms with van der Waals surface area (Å²) in [6, 6.07) is 3.21. The fourth-order valence-electron chi connectivity index (χ4n) is 7.50. The van der Waals surface area contributed by atoms with Gasteiger partial charge in [0.05, 0.1) is 45.8 Å². The number of carbonyl (C=O) groups excluding carboxylic acids is 2. The molecule has 11 nitrogen and oxygen atoms in total. The monoisotopic (exact) mass is 564 g/mol. The number of aliphatic hydroxyl groups is 3. The van der Waals surface area contributed by atoms with Crippen molar-refractivity contribution in [2.75, 3.05) is 46.3 Å². The first kappa shape index (κ1) is 30.2. The SMILES string of the molecule is COc1cc(NC(=O)OC2CCC3(C)C(CC(=O)N4CCC(O)C4)C(O)CCC3C2(C)CO)cc(OC)c1OC. The number of benzene rings is 1. The molecule has 1 aromatic rings. The molecule has 40 heavy (non-hydrogen) atoms. The Bertz CT molecular complexity index is 1060. The number of amides is 2. The molecule has 3 aliphatic rings. The predicted octanol–water partition coefficient (Wildman–Crippen LogP) is 2.80. The van der Waals surface area contributed by atoms with Crippen LogP contribution in [-0.4, -0.2) is 91.6 Å². The Balaban J connectivity index is 1.50. The zero-order chi connectivity index (χ0) is 29.2. The molecule has 7 atom stereocenters. The average molecular weight is 565 g/mol. The van der Waals surface area contributed by atoms with Crippen LogP contribution in [0.25, 0.3) is 0 Å². The third-order valence-electron chi connectivity index (χ3n) is 9.75. The molecule has 2 saturated carbocycles. The highest BCUT2D eigenvalue weighted by molar-refractivity contribution is 5.86. The van der Waals surface area contributed by atoms with E-state index in [9.17, 15) is 24.9 Å². The number of anilines is 1. The van der Waals surface area contributed by atoms with Crippen molar-refractivity contribution in [2.24, 2.45) is 22.7 Å². The Morgan fingerprint density at radius 2 is 1.70 bits per heavy atom. The van der Waals surface area contributed by atoms with Gasteiger partial charge in [0.25, 0.3) is 0 Å². The van der Waals surface area contributed by atoms with Gasteiger partial charge in [-0.2, -0.15) is 0 Å². The van der Waals surface area contributed by atoms with Gasteiger partial charge in [-0.25, -0.2) is 4.79 Å². The van der Waals surface area contributed by atoms with Crippen LogP contribution < -0.4 is 19.5 Å². The minimum absolute atomic E-state index is 0.0590. The first-order valence-corrected chi connectivity index (χ1v) is 14.0. The lowest BCUT2D eigenvalue weighted by Crippen LogP contribution is -2.61. The van der Waals surface area contributed by atoms with Gasteiger partial charge in [0.15, 0.2) is 11.5 Å². The number of carbonyl (C=O) groups is 2. The Labute approximate surface area is 235 Å². The molecule has 1 aliphatic heterocycles. The van der Waals surface area contributed by atoms with E-state index in [0.717, 1.165) is 0 Å². The van der Waals surface area contributed by atoms with Gasteiger partial charge in [0.2, 0.25) is 11.7 Å². The van der Waals surface area contributed by atoms with Crippen LogP contribution in [0.1, 0.15) is 52.4 Å². The number of nitrogens with one attached hydrogen (secondary N) is 1. The van der Waals surface area contributed by atoms with Crippen LogP contribution in [0.15, 0.2) is 12.1 Å². The Morgan fingerprint density at radius 3 is 2.25 bits per heavy atom. The number of hydrogen-bond donors (Lipinski definition) is 4. The number of rotatable bonds is 8. The maximum atomic E-state index is 13.1. The van der Waals surface area contributed by atoms with Gasteiger partial charge in [0.1, 0.15) is 6.10 Å². The maximum Gasteiger partial charge on any atom is 0.411 e. The standard InChI is InChI=1S/C29H44N2O9/c1-28-10-8-24(40-27(36)30-17-12-21(37-3)26(39-5)22(13-17)38-4)29(2,16-32)23(28)7-6-20(34)19(28)14-25(35)31-11-9-18(33)15-31/h12-13,18-20,23-24,32-34H,6-11,14-16H2,1-5H3,(H,30,36). The summed E-state index contributed by atoms with van der Waals surface area (Å²) in [7, 11) is 4.47. The molecule has 3 fully saturated rings. The van der Waals surface area contributed by atoms with Gasteiger partial charge in [0, 0.05) is 37.1 Å². The molecule has 1 heterocycles. The predicted molar refractivity (Wildman–Crippen MR) is 147 cm³/mol. The van der Waals surface area contributed by atoms with E-state index in [1.165, 1.54) is 21.3 Å².